The van der Waals surface area contributed by atoms with Crippen LogP contribution in [0.25, 0.3) is 5.57 Å². The van der Waals surface area contributed by atoms with Crippen LogP contribution in [0.5, 0.6) is 0 Å². The van der Waals surface area contributed by atoms with Gasteiger partial charge in [-0.3, -0.25) is 20.3 Å². The highest BCUT2D eigenvalue weighted by Gasteiger charge is 2.42. The Labute approximate surface area is 195 Å². The summed E-state index contributed by atoms with van der Waals surface area (Å²) in [7, 11) is 1.66. The fourth-order valence-electron chi connectivity index (χ4n) is 4.48. The summed E-state index contributed by atoms with van der Waals surface area (Å²) in [5.74, 6) is 0.195. The van der Waals surface area contributed by atoms with E-state index in [-0.39, 0.29) is 24.2 Å². The predicted octanol–water partition coefficient (Wildman–Crippen LogP) is 2.95. The summed E-state index contributed by atoms with van der Waals surface area (Å²) in [4.78, 5) is 27.2. The molecule has 33 heavy (non-hydrogen) atoms. The van der Waals surface area contributed by atoms with Crippen molar-refractivity contribution in [2.24, 2.45) is 5.73 Å². The molecule has 1 aromatic rings. The lowest BCUT2D eigenvalue weighted by Gasteiger charge is -2.46. The number of carbonyl (C=O) groups is 2. The van der Waals surface area contributed by atoms with Crippen LogP contribution >= 0.6 is 0 Å². The van der Waals surface area contributed by atoms with Crippen LogP contribution in [-0.4, -0.2) is 55.1 Å². The Balaban J connectivity index is 1.91. The van der Waals surface area contributed by atoms with Gasteiger partial charge in [-0.2, -0.15) is 0 Å². The minimum atomic E-state index is -0.666. The van der Waals surface area contributed by atoms with E-state index in [2.05, 4.69) is 11.4 Å². The molecule has 4 N–H and O–H groups in total. The first kappa shape index (κ1) is 24.5. The first-order valence-corrected chi connectivity index (χ1v) is 11.5. The Kier molecular flexibility index (Phi) is 8.65. The number of allylic oxidation sites excluding steroid dienone is 2. The monoisotopic (exact) mass is 454 g/mol. The van der Waals surface area contributed by atoms with Gasteiger partial charge in [-0.25, -0.2) is 0 Å². The number of piperidine rings is 1. The highest BCUT2D eigenvalue weighted by molar-refractivity contribution is 5.94. The summed E-state index contributed by atoms with van der Waals surface area (Å²) in [5.41, 5.74) is 6.69. The summed E-state index contributed by atoms with van der Waals surface area (Å²) < 4.78 is 11.4. The standard InChI is InChI=1S/C25H34N4O4/c1-32-16-7-17-33-21-18-25(14-12-22(30)28-24(26)27,29-15-6-5-10-23(29)31)13-11-20(21)19-8-3-2-4-9-19/h2-4,8-9,11,13H,5-7,10,12,14-18H2,1H3,(H4,26,27,28,30). The first-order valence-electron chi connectivity index (χ1n) is 11.5. The largest absolute Gasteiger partial charge is 0.497 e. The summed E-state index contributed by atoms with van der Waals surface area (Å²) in [6.45, 7) is 1.75. The number of nitrogens with zero attached hydrogens (tertiary/aromatic N) is 1. The lowest BCUT2D eigenvalue weighted by molar-refractivity contribution is -0.139. The Morgan fingerprint density at radius 3 is 2.73 bits per heavy atom. The van der Waals surface area contributed by atoms with Crippen molar-refractivity contribution in [3.8, 4) is 0 Å². The zero-order valence-corrected chi connectivity index (χ0v) is 19.3. The van der Waals surface area contributed by atoms with E-state index in [4.69, 9.17) is 20.6 Å². The fraction of sp³-hybridized carbons (Fsp3) is 0.480. The minimum absolute atomic E-state index is 0.0970. The average Bonchev–Trinajstić information content (AvgIpc) is 2.81. The summed E-state index contributed by atoms with van der Waals surface area (Å²) in [5, 5.41) is 9.66. The van der Waals surface area contributed by atoms with Gasteiger partial charge in [-0.05, 0) is 24.8 Å². The van der Waals surface area contributed by atoms with Crippen molar-refractivity contribution in [3.63, 3.8) is 0 Å². The topological polar surface area (TPSA) is 118 Å². The molecule has 1 fully saturated rings. The summed E-state index contributed by atoms with van der Waals surface area (Å²) >= 11 is 0. The summed E-state index contributed by atoms with van der Waals surface area (Å²) in [6.07, 6.45) is 8.20. The van der Waals surface area contributed by atoms with E-state index >= 15 is 0 Å². The maximum absolute atomic E-state index is 12.9. The lowest BCUT2D eigenvalue weighted by atomic mass is 9.79. The second kappa shape index (κ2) is 11.7. The van der Waals surface area contributed by atoms with Crippen molar-refractivity contribution in [1.29, 1.82) is 5.41 Å². The number of hydrogen-bond donors (Lipinski definition) is 3. The molecule has 0 bridgehead atoms. The molecule has 8 heteroatoms. The number of hydrogen-bond acceptors (Lipinski definition) is 5. The molecule has 1 aliphatic heterocycles. The maximum atomic E-state index is 12.9. The normalized spacial score (nSPS) is 20.6. The SMILES string of the molecule is COCCCOC1=C(c2ccccc2)C=CC(CCC(=O)NC(=N)N)(N2CCCCC2=O)C1. The van der Waals surface area contributed by atoms with Gasteiger partial charge in [0, 0.05) is 51.5 Å². The molecule has 1 saturated heterocycles. The number of methoxy groups -OCH3 is 1. The highest BCUT2D eigenvalue weighted by Crippen LogP contribution is 2.41. The number of carbonyl (C=O) groups excluding carboxylic acids is 2. The molecule has 1 unspecified atom stereocenters. The minimum Gasteiger partial charge on any atom is -0.497 e. The molecule has 0 radical (unpaired) electrons. The van der Waals surface area contributed by atoms with Crippen molar-refractivity contribution >= 4 is 23.3 Å². The second-order valence-corrected chi connectivity index (χ2v) is 8.48. The van der Waals surface area contributed by atoms with Crippen LogP contribution in [-0.2, 0) is 19.1 Å². The Morgan fingerprint density at radius 1 is 1.24 bits per heavy atom. The molecule has 0 aromatic heterocycles. The van der Waals surface area contributed by atoms with Crippen LogP contribution < -0.4 is 11.1 Å². The number of guanidine groups is 1. The molecule has 3 rings (SSSR count). The molecule has 1 atom stereocenters. The molecule has 1 aromatic carbocycles. The molecule has 2 aliphatic rings. The number of ether oxygens (including phenoxy) is 2. The van der Waals surface area contributed by atoms with Crippen molar-refractivity contribution in [2.45, 2.75) is 50.5 Å². The molecule has 8 nitrogen and oxygen atoms in total. The lowest BCUT2D eigenvalue weighted by Crippen LogP contribution is -2.54. The van der Waals surface area contributed by atoms with Crippen molar-refractivity contribution in [3.05, 3.63) is 53.8 Å². The van der Waals surface area contributed by atoms with Gasteiger partial charge in [0.2, 0.25) is 11.8 Å². The van der Waals surface area contributed by atoms with E-state index in [9.17, 15) is 9.59 Å². The molecule has 2 amide bonds. The van der Waals surface area contributed by atoms with E-state index in [0.29, 0.717) is 39.0 Å². The van der Waals surface area contributed by atoms with E-state index in [1.807, 2.05) is 41.3 Å². The average molecular weight is 455 g/mol. The Morgan fingerprint density at radius 2 is 2.03 bits per heavy atom. The number of nitrogens with one attached hydrogen (secondary N) is 2. The number of nitrogens with two attached hydrogens (primary N) is 1. The van der Waals surface area contributed by atoms with Crippen LogP contribution in [0.2, 0.25) is 0 Å². The third-order valence-electron chi connectivity index (χ3n) is 6.10. The molecule has 1 aliphatic carbocycles. The van der Waals surface area contributed by atoms with Crippen LogP contribution in [0.15, 0.2) is 48.2 Å². The Bertz CT molecular complexity index is 912. The maximum Gasteiger partial charge on any atom is 0.226 e. The van der Waals surface area contributed by atoms with Gasteiger partial charge in [0.25, 0.3) is 0 Å². The molecule has 0 spiro atoms. The molecule has 0 saturated carbocycles. The second-order valence-electron chi connectivity index (χ2n) is 8.48. The van der Waals surface area contributed by atoms with Gasteiger partial charge in [0.1, 0.15) is 5.76 Å². The number of benzene rings is 1. The third-order valence-corrected chi connectivity index (χ3v) is 6.10. The van der Waals surface area contributed by atoms with E-state index in [0.717, 1.165) is 36.2 Å². The van der Waals surface area contributed by atoms with Crippen LogP contribution in [0, 0.1) is 5.41 Å². The van der Waals surface area contributed by atoms with E-state index in [1.54, 1.807) is 7.11 Å². The zero-order chi connectivity index (χ0) is 23.7. The molecular weight excluding hydrogens is 420 g/mol. The molecule has 1 heterocycles. The molecular formula is C25H34N4O4. The smallest absolute Gasteiger partial charge is 0.226 e. The van der Waals surface area contributed by atoms with Gasteiger partial charge in [-0.15, -0.1) is 0 Å². The fourth-order valence-corrected chi connectivity index (χ4v) is 4.48. The van der Waals surface area contributed by atoms with Gasteiger partial charge in [0.05, 0.1) is 12.1 Å². The van der Waals surface area contributed by atoms with E-state index in [1.165, 1.54) is 0 Å². The van der Waals surface area contributed by atoms with Crippen LogP contribution in [0.3, 0.4) is 0 Å². The van der Waals surface area contributed by atoms with Gasteiger partial charge in [0.15, 0.2) is 5.96 Å². The summed E-state index contributed by atoms with van der Waals surface area (Å²) in [6, 6.07) is 10.0. The number of amides is 2. The Hall–Kier alpha value is -3.13. The zero-order valence-electron chi connectivity index (χ0n) is 19.3. The van der Waals surface area contributed by atoms with Crippen molar-refractivity contribution in [1.82, 2.24) is 10.2 Å². The van der Waals surface area contributed by atoms with E-state index < -0.39 is 5.54 Å². The molecule has 178 valence electrons. The van der Waals surface area contributed by atoms with Gasteiger partial charge >= 0.3 is 0 Å². The van der Waals surface area contributed by atoms with Crippen molar-refractivity contribution in [2.75, 3.05) is 26.9 Å². The van der Waals surface area contributed by atoms with Gasteiger partial charge in [-0.1, -0.05) is 42.5 Å². The van der Waals surface area contributed by atoms with Crippen LogP contribution in [0.1, 0.15) is 50.5 Å². The first-order chi connectivity index (χ1) is 15.9. The van der Waals surface area contributed by atoms with Crippen LogP contribution in [0.4, 0.5) is 0 Å². The predicted molar refractivity (Wildman–Crippen MR) is 127 cm³/mol. The highest BCUT2D eigenvalue weighted by atomic mass is 16.5. The quantitative estimate of drug-likeness (QED) is 0.285. The van der Waals surface area contributed by atoms with Gasteiger partial charge < -0.3 is 20.1 Å². The van der Waals surface area contributed by atoms with Crippen molar-refractivity contribution < 1.29 is 19.1 Å². The third kappa shape index (κ3) is 6.44. The number of likely N-dealkylation sites (tertiary alicyclic amines) is 1. The number of rotatable bonds is 10.